The molecular weight excluding hydrogens is 308 g/mol. The fraction of sp³-hybridized carbons (Fsp3) is 0.714. The minimum absolute atomic E-state index is 0.0275. The van der Waals surface area contributed by atoms with Crippen LogP contribution < -0.4 is 5.73 Å². The van der Waals surface area contributed by atoms with Gasteiger partial charge >= 0.3 is 0 Å². The van der Waals surface area contributed by atoms with Crippen molar-refractivity contribution in [2.75, 3.05) is 13.6 Å². The highest BCUT2D eigenvalue weighted by Crippen LogP contribution is 2.31. The molecule has 0 aliphatic heterocycles. The molecule has 1 fully saturated rings. The van der Waals surface area contributed by atoms with Crippen LogP contribution in [0.2, 0.25) is 0 Å². The fourth-order valence-electron chi connectivity index (χ4n) is 3.18. The number of halogens is 1. The highest BCUT2D eigenvalue weighted by molar-refractivity contribution is 9.11. The molecule has 1 aromatic rings. The summed E-state index contributed by atoms with van der Waals surface area (Å²) in [7, 11) is 2.18. The van der Waals surface area contributed by atoms with Gasteiger partial charge < -0.3 is 10.6 Å². The van der Waals surface area contributed by atoms with E-state index in [-0.39, 0.29) is 5.54 Å². The van der Waals surface area contributed by atoms with Crippen molar-refractivity contribution in [1.82, 2.24) is 4.90 Å². The molecule has 2 rings (SSSR count). The Bertz CT molecular complexity index is 393. The third kappa shape index (κ3) is 4.05. The Morgan fingerprint density at radius 1 is 1.61 bits per heavy atom. The summed E-state index contributed by atoms with van der Waals surface area (Å²) >= 11 is 5.27. The summed E-state index contributed by atoms with van der Waals surface area (Å²) in [6.45, 7) is 4.33. The van der Waals surface area contributed by atoms with Crippen LogP contribution in [0, 0.1) is 5.92 Å². The van der Waals surface area contributed by atoms with Gasteiger partial charge in [-0.3, -0.25) is 0 Å². The van der Waals surface area contributed by atoms with Crippen LogP contribution >= 0.6 is 27.3 Å². The lowest BCUT2D eigenvalue weighted by Crippen LogP contribution is -2.51. The quantitative estimate of drug-likeness (QED) is 0.908. The molecule has 18 heavy (non-hydrogen) atoms. The second-order valence-electron chi connectivity index (χ2n) is 6.00. The molecule has 0 spiro atoms. The topological polar surface area (TPSA) is 29.3 Å². The molecule has 1 aromatic heterocycles. The van der Waals surface area contributed by atoms with Gasteiger partial charge in [0.25, 0.3) is 0 Å². The molecule has 1 aliphatic carbocycles. The number of rotatable bonds is 4. The van der Waals surface area contributed by atoms with E-state index < -0.39 is 0 Å². The summed E-state index contributed by atoms with van der Waals surface area (Å²) in [5.74, 6) is 0.785. The number of nitrogens with two attached hydrogens (primary N) is 1. The van der Waals surface area contributed by atoms with Crippen LogP contribution in [0.15, 0.2) is 15.2 Å². The summed E-state index contributed by atoms with van der Waals surface area (Å²) in [6, 6.07) is 2.20. The van der Waals surface area contributed by atoms with Crippen LogP contribution in [-0.4, -0.2) is 24.0 Å². The molecule has 0 bridgehead atoms. The normalized spacial score (nSPS) is 28.8. The van der Waals surface area contributed by atoms with Gasteiger partial charge in [-0.15, -0.1) is 11.3 Å². The first kappa shape index (κ1) is 14.5. The Hall–Kier alpha value is 0.100. The standard InChI is InChI=1S/C14H23BrN2S/c1-11-4-3-5-14(16,7-11)10-17(2)8-12-6-13(15)18-9-12/h6,9,11H,3-5,7-8,10,16H2,1-2H3. The molecule has 0 amide bonds. The molecular formula is C14H23BrN2S. The monoisotopic (exact) mass is 330 g/mol. The lowest BCUT2D eigenvalue weighted by molar-refractivity contribution is 0.165. The molecule has 2 N–H and O–H groups in total. The Balaban J connectivity index is 1.88. The minimum atomic E-state index is 0.0275. The molecule has 2 atom stereocenters. The number of thiophene rings is 1. The van der Waals surface area contributed by atoms with Gasteiger partial charge in [-0.1, -0.05) is 19.8 Å². The second-order valence-corrected chi connectivity index (χ2v) is 8.29. The van der Waals surface area contributed by atoms with Gasteiger partial charge in [0.2, 0.25) is 0 Å². The van der Waals surface area contributed by atoms with E-state index in [4.69, 9.17) is 5.73 Å². The molecule has 102 valence electrons. The summed E-state index contributed by atoms with van der Waals surface area (Å²) in [5, 5.41) is 2.22. The van der Waals surface area contributed by atoms with E-state index in [1.165, 1.54) is 35.0 Å². The third-order valence-electron chi connectivity index (χ3n) is 3.79. The van der Waals surface area contributed by atoms with Gasteiger partial charge in [0.1, 0.15) is 0 Å². The van der Waals surface area contributed by atoms with Crippen molar-refractivity contribution in [3.8, 4) is 0 Å². The van der Waals surface area contributed by atoms with Gasteiger partial charge in [-0.25, -0.2) is 0 Å². The number of nitrogens with zero attached hydrogens (tertiary/aromatic N) is 1. The van der Waals surface area contributed by atoms with E-state index in [2.05, 4.69) is 46.2 Å². The first-order valence-corrected chi connectivity index (χ1v) is 8.34. The largest absolute Gasteiger partial charge is 0.324 e. The zero-order chi connectivity index (χ0) is 13.2. The molecule has 2 nitrogen and oxygen atoms in total. The van der Waals surface area contributed by atoms with Crippen LogP contribution in [0.1, 0.15) is 38.2 Å². The molecule has 1 heterocycles. The minimum Gasteiger partial charge on any atom is -0.324 e. The van der Waals surface area contributed by atoms with Crippen molar-refractivity contribution in [3.05, 3.63) is 20.8 Å². The molecule has 2 unspecified atom stereocenters. The van der Waals surface area contributed by atoms with E-state index in [1.807, 2.05) is 0 Å². The summed E-state index contributed by atoms with van der Waals surface area (Å²) in [4.78, 5) is 2.37. The van der Waals surface area contributed by atoms with Crippen LogP contribution in [0.4, 0.5) is 0 Å². The van der Waals surface area contributed by atoms with Crippen LogP contribution in [0.5, 0.6) is 0 Å². The van der Waals surface area contributed by atoms with Crippen molar-refractivity contribution in [2.24, 2.45) is 11.7 Å². The number of hydrogen-bond acceptors (Lipinski definition) is 3. The van der Waals surface area contributed by atoms with E-state index >= 15 is 0 Å². The van der Waals surface area contributed by atoms with Crippen molar-refractivity contribution >= 4 is 27.3 Å². The van der Waals surface area contributed by atoms with E-state index in [1.54, 1.807) is 11.3 Å². The lowest BCUT2D eigenvalue weighted by atomic mass is 9.77. The summed E-state index contributed by atoms with van der Waals surface area (Å²) in [6.07, 6.45) is 4.98. The predicted molar refractivity (Wildman–Crippen MR) is 82.9 cm³/mol. The van der Waals surface area contributed by atoms with E-state index in [0.717, 1.165) is 19.0 Å². The van der Waals surface area contributed by atoms with Gasteiger partial charge in [0.05, 0.1) is 3.79 Å². The van der Waals surface area contributed by atoms with Crippen LogP contribution in [-0.2, 0) is 6.54 Å². The van der Waals surface area contributed by atoms with Crippen molar-refractivity contribution in [3.63, 3.8) is 0 Å². The highest BCUT2D eigenvalue weighted by Gasteiger charge is 2.31. The Morgan fingerprint density at radius 3 is 3.00 bits per heavy atom. The maximum Gasteiger partial charge on any atom is 0.0701 e. The second kappa shape index (κ2) is 6.04. The highest BCUT2D eigenvalue weighted by atomic mass is 79.9. The maximum absolute atomic E-state index is 6.56. The molecule has 0 saturated heterocycles. The predicted octanol–water partition coefficient (Wildman–Crippen LogP) is 3.85. The number of hydrogen-bond donors (Lipinski definition) is 1. The Morgan fingerprint density at radius 2 is 2.39 bits per heavy atom. The van der Waals surface area contributed by atoms with Gasteiger partial charge in [0.15, 0.2) is 0 Å². The van der Waals surface area contributed by atoms with Gasteiger partial charge in [-0.2, -0.15) is 0 Å². The molecule has 0 radical (unpaired) electrons. The van der Waals surface area contributed by atoms with Crippen molar-refractivity contribution in [1.29, 1.82) is 0 Å². The maximum atomic E-state index is 6.56. The summed E-state index contributed by atoms with van der Waals surface area (Å²) < 4.78 is 1.21. The average molecular weight is 331 g/mol. The van der Waals surface area contributed by atoms with Gasteiger partial charge in [-0.05, 0) is 58.7 Å². The van der Waals surface area contributed by atoms with Crippen LogP contribution in [0.3, 0.4) is 0 Å². The average Bonchev–Trinajstić information content (AvgIpc) is 2.62. The Kier molecular flexibility index (Phi) is 4.86. The Labute approximate surface area is 123 Å². The third-order valence-corrected chi connectivity index (χ3v) is 5.34. The molecule has 4 heteroatoms. The van der Waals surface area contributed by atoms with Crippen molar-refractivity contribution in [2.45, 2.75) is 44.7 Å². The zero-order valence-corrected chi connectivity index (χ0v) is 13.7. The fourth-order valence-corrected chi connectivity index (χ4v) is 4.38. The summed E-state index contributed by atoms with van der Waals surface area (Å²) in [5.41, 5.74) is 7.97. The first-order chi connectivity index (χ1) is 8.47. The van der Waals surface area contributed by atoms with E-state index in [0.29, 0.717) is 0 Å². The number of likely N-dealkylation sites (N-methyl/N-ethyl adjacent to an activating group) is 1. The molecule has 1 saturated carbocycles. The smallest absolute Gasteiger partial charge is 0.0701 e. The zero-order valence-electron chi connectivity index (χ0n) is 11.3. The SMILES string of the molecule is CC1CCCC(N)(CN(C)Cc2csc(Br)c2)C1. The van der Waals surface area contributed by atoms with Gasteiger partial charge in [0, 0.05) is 18.6 Å². The van der Waals surface area contributed by atoms with E-state index in [9.17, 15) is 0 Å². The molecule has 1 aliphatic rings. The molecule has 0 aromatic carbocycles. The lowest BCUT2D eigenvalue weighted by Gasteiger charge is -2.39. The van der Waals surface area contributed by atoms with Crippen LogP contribution in [0.25, 0.3) is 0 Å². The first-order valence-electron chi connectivity index (χ1n) is 6.67. The van der Waals surface area contributed by atoms with Crippen molar-refractivity contribution < 1.29 is 0 Å².